The van der Waals surface area contributed by atoms with Gasteiger partial charge < -0.3 is 9.74 Å². The quantitative estimate of drug-likeness (QED) is 0.299. The average Bonchev–Trinajstić information content (AvgIpc) is 3.39. The lowest BCUT2D eigenvalue weighted by Crippen LogP contribution is -2.40. The molecule has 0 saturated heterocycles. The van der Waals surface area contributed by atoms with Crippen LogP contribution in [0.4, 0.5) is 0 Å². The molecule has 0 N–H and O–H groups in total. The van der Waals surface area contributed by atoms with E-state index in [0.29, 0.717) is 19.5 Å². The first-order valence-electron chi connectivity index (χ1n) is 12.4. The van der Waals surface area contributed by atoms with Crippen molar-refractivity contribution in [2.75, 3.05) is 6.54 Å². The van der Waals surface area contributed by atoms with E-state index >= 15 is 0 Å². The van der Waals surface area contributed by atoms with Crippen molar-refractivity contribution in [2.45, 2.75) is 31.9 Å². The Morgan fingerprint density at radius 1 is 0.833 bits per heavy atom. The number of hydrogen-bond acceptors (Lipinski definition) is 3. The highest BCUT2D eigenvalue weighted by molar-refractivity contribution is 6.01. The van der Waals surface area contributed by atoms with Crippen molar-refractivity contribution in [2.24, 2.45) is 5.16 Å². The highest BCUT2D eigenvalue weighted by Gasteiger charge is 2.32. The van der Waals surface area contributed by atoms with Gasteiger partial charge in [-0.15, -0.1) is 0 Å². The van der Waals surface area contributed by atoms with Crippen molar-refractivity contribution in [3.63, 3.8) is 0 Å². The van der Waals surface area contributed by atoms with Gasteiger partial charge in [0, 0.05) is 13.0 Å². The Hall–Kier alpha value is -4.18. The Morgan fingerprint density at radius 3 is 1.97 bits per heavy atom. The number of benzene rings is 4. The first-order valence-corrected chi connectivity index (χ1v) is 12.4. The lowest BCUT2D eigenvalue weighted by molar-refractivity contribution is -0.134. The molecule has 4 aromatic carbocycles. The van der Waals surface area contributed by atoms with E-state index in [2.05, 4.69) is 48.5 Å². The van der Waals surface area contributed by atoms with Gasteiger partial charge in [0.2, 0.25) is 5.91 Å². The molecule has 1 unspecified atom stereocenters. The van der Waals surface area contributed by atoms with E-state index in [1.54, 1.807) is 0 Å². The molecule has 36 heavy (non-hydrogen) atoms. The smallest absolute Gasteiger partial charge is 0.235 e. The van der Waals surface area contributed by atoms with Crippen LogP contribution < -0.4 is 0 Å². The number of oxime groups is 1. The molecule has 1 aliphatic heterocycles. The summed E-state index contributed by atoms with van der Waals surface area (Å²) in [6.07, 6.45) is 0.476. The average molecular weight is 475 g/mol. The van der Waals surface area contributed by atoms with Crippen molar-refractivity contribution >= 4 is 11.6 Å². The van der Waals surface area contributed by atoms with Gasteiger partial charge in [0.05, 0.1) is 18.2 Å². The molecule has 5 rings (SSSR count). The highest BCUT2D eigenvalue weighted by Crippen LogP contribution is 2.29. The van der Waals surface area contributed by atoms with Crippen molar-refractivity contribution in [3.8, 4) is 0 Å². The summed E-state index contributed by atoms with van der Waals surface area (Å²) in [6.45, 7) is 3.04. The zero-order valence-corrected chi connectivity index (χ0v) is 20.5. The second-order valence-corrected chi connectivity index (χ2v) is 9.29. The van der Waals surface area contributed by atoms with Crippen LogP contribution in [0.25, 0.3) is 0 Å². The van der Waals surface area contributed by atoms with Gasteiger partial charge in [0.25, 0.3) is 0 Å². The van der Waals surface area contributed by atoms with Crippen molar-refractivity contribution < 1.29 is 9.63 Å². The fourth-order valence-corrected chi connectivity index (χ4v) is 4.68. The first kappa shape index (κ1) is 23.6. The number of carbonyl (C=O) groups excluding carboxylic acids is 1. The molecule has 1 heterocycles. The number of hydrogen-bond donors (Lipinski definition) is 0. The van der Waals surface area contributed by atoms with Gasteiger partial charge in [-0.05, 0) is 29.2 Å². The summed E-state index contributed by atoms with van der Waals surface area (Å²) in [5.41, 5.74) is 6.25. The Bertz CT molecular complexity index is 1260. The van der Waals surface area contributed by atoms with Gasteiger partial charge in [-0.1, -0.05) is 126 Å². The number of carbonyl (C=O) groups is 1. The van der Waals surface area contributed by atoms with Crippen molar-refractivity contribution in [1.29, 1.82) is 0 Å². The second-order valence-electron chi connectivity index (χ2n) is 9.29. The van der Waals surface area contributed by atoms with Gasteiger partial charge in [-0.3, -0.25) is 4.79 Å². The van der Waals surface area contributed by atoms with Crippen LogP contribution >= 0.6 is 0 Å². The van der Waals surface area contributed by atoms with E-state index in [-0.39, 0.29) is 12.0 Å². The normalized spacial score (nSPS) is 14.8. The summed E-state index contributed by atoms with van der Waals surface area (Å²) in [6, 6.07) is 38.5. The molecule has 1 aliphatic rings. The summed E-state index contributed by atoms with van der Waals surface area (Å²) >= 11 is 0. The Balaban J connectivity index is 1.41. The van der Waals surface area contributed by atoms with Crippen LogP contribution in [-0.2, 0) is 16.2 Å². The SMILES string of the molecule is Cc1ccc(C2=NOC(CN(Cc3ccccc3)C(=O)C(c3ccccc3)c3ccccc3)C2)cc1. The predicted molar refractivity (Wildman–Crippen MR) is 144 cm³/mol. The Morgan fingerprint density at radius 2 is 1.39 bits per heavy atom. The zero-order valence-electron chi connectivity index (χ0n) is 20.5. The molecule has 0 saturated carbocycles. The monoisotopic (exact) mass is 474 g/mol. The maximum Gasteiger partial charge on any atom is 0.235 e. The Kier molecular flexibility index (Phi) is 7.23. The van der Waals surface area contributed by atoms with Crippen LogP contribution in [0.15, 0.2) is 120 Å². The minimum Gasteiger partial charge on any atom is -0.390 e. The number of amides is 1. The molecule has 180 valence electrons. The fraction of sp³-hybridized carbons (Fsp3) is 0.188. The summed E-state index contributed by atoms with van der Waals surface area (Å²) in [5.74, 6) is -0.335. The van der Waals surface area contributed by atoms with E-state index in [9.17, 15) is 4.79 Å². The summed E-state index contributed by atoms with van der Waals surface area (Å²) in [5, 5.41) is 4.38. The van der Waals surface area contributed by atoms with Gasteiger partial charge in [0.1, 0.15) is 0 Å². The molecular formula is C32H30N2O2. The molecule has 4 nitrogen and oxygen atoms in total. The molecular weight excluding hydrogens is 444 g/mol. The first-order chi connectivity index (χ1) is 17.7. The zero-order chi connectivity index (χ0) is 24.7. The van der Waals surface area contributed by atoms with E-state index in [1.165, 1.54) is 5.56 Å². The molecule has 1 amide bonds. The van der Waals surface area contributed by atoms with Crippen LogP contribution in [0, 0.1) is 6.92 Å². The summed E-state index contributed by atoms with van der Waals surface area (Å²) in [4.78, 5) is 22.0. The van der Waals surface area contributed by atoms with Crippen molar-refractivity contribution in [1.82, 2.24) is 4.90 Å². The molecule has 0 bridgehead atoms. The third kappa shape index (κ3) is 5.55. The van der Waals surface area contributed by atoms with E-state index in [4.69, 9.17) is 4.84 Å². The second kappa shape index (κ2) is 11.0. The minimum absolute atomic E-state index is 0.0589. The molecule has 0 aromatic heterocycles. The molecule has 0 radical (unpaired) electrons. The van der Waals surface area contributed by atoms with E-state index < -0.39 is 5.92 Å². The molecule has 0 aliphatic carbocycles. The lowest BCUT2D eigenvalue weighted by atomic mass is 9.89. The molecule has 0 spiro atoms. The largest absolute Gasteiger partial charge is 0.390 e. The topological polar surface area (TPSA) is 41.9 Å². The maximum absolute atomic E-state index is 14.3. The van der Waals surface area contributed by atoms with E-state index in [0.717, 1.165) is 28.0 Å². The number of rotatable bonds is 8. The van der Waals surface area contributed by atoms with Crippen molar-refractivity contribution in [3.05, 3.63) is 143 Å². The van der Waals surface area contributed by atoms with Gasteiger partial charge >= 0.3 is 0 Å². The Labute approximate surface area is 212 Å². The van der Waals surface area contributed by atoms with Crippen LogP contribution in [0.1, 0.15) is 40.2 Å². The van der Waals surface area contributed by atoms with Crippen LogP contribution in [0.2, 0.25) is 0 Å². The van der Waals surface area contributed by atoms with E-state index in [1.807, 2.05) is 83.8 Å². The highest BCUT2D eigenvalue weighted by atomic mass is 16.6. The predicted octanol–water partition coefficient (Wildman–Crippen LogP) is 6.35. The molecule has 1 atom stereocenters. The van der Waals surface area contributed by atoms with Crippen LogP contribution in [0.3, 0.4) is 0 Å². The van der Waals surface area contributed by atoms with Crippen LogP contribution in [0.5, 0.6) is 0 Å². The third-order valence-electron chi connectivity index (χ3n) is 6.58. The minimum atomic E-state index is -0.394. The third-order valence-corrected chi connectivity index (χ3v) is 6.58. The standard InChI is InChI=1S/C32H30N2O2/c1-24-17-19-26(20-18-24)30-21-29(36-33-30)23-34(22-25-11-5-2-6-12-25)32(35)31(27-13-7-3-8-14-27)28-15-9-4-10-16-28/h2-20,29,31H,21-23H2,1H3. The molecule has 4 heteroatoms. The fourth-order valence-electron chi connectivity index (χ4n) is 4.68. The summed E-state index contributed by atoms with van der Waals surface area (Å²) in [7, 11) is 0. The number of aryl methyl sites for hydroxylation is 1. The molecule has 4 aromatic rings. The van der Waals surface area contributed by atoms with Gasteiger partial charge in [-0.2, -0.15) is 0 Å². The van der Waals surface area contributed by atoms with Gasteiger partial charge in [-0.25, -0.2) is 0 Å². The molecule has 0 fully saturated rings. The summed E-state index contributed by atoms with van der Waals surface area (Å²) < 4.78 is 0. The maximum atomic E-state index is 14.3. The number of nitrogens with zero attached hydrogens (tertiary/aromatic N) is 2. The lowest BCUT2D eigenvalue weighted by Gasteiger charge is -2.29. The van der Waals surface area contributed by atoms with Crippen LogP contribution in [-0.4, -0.2) is 29.2 Å². The van der Waals surface area contributed by atoms with Gasteiger partial charge in [0.15, 0.2) is 6.10 Å².